The number of anilines is 1. The van der Waals surface area contributed by atoms with Gasteiger partial charge in [0.15, 0.2) is 11.4 Å². The van der Waals surface area contributed by atoms with E-state index in [0.29, 0.717) is 39.6 Å². The number of rotatable bonds is 2. The van der Waals surface area contributed by atoms with Crippen LogP contribution < -0.4 is 4.90 Å². The summed E-state index contributed by atoms with van der Waals surface area (Å²) >= 11 is 12.2. The number of hydrogen-bond donors (Lipinski definition) is 0. The third-order valence-corrected chi connectivity index (χ3v) is 4.89. The first-order valence-corrected chi connectivity index (χ1v) is 8.37. The Kier molecular flexibility index (Phi) is 2.87. The van der Waals surface area contributed by atoms with Crippen molar-refractivity contribution in [3.8, 4) is 0 Å². The number of fused-ring (bicyclic) bond motifs is 2. The average molecular weight is 350 g/mol. The van der Waals surface area contributed by atoms with Gasteiger partial charge in [-0.05, 0) is 25.0 Å². The minimum Gasteiger partial charge on any atom is -0.422 e. The summed E-state index contributed by atoms with van der Waals surface area (Å²) in [7, 11) is 0. The summed E-state index contributed by atoms with van der Waals surface area (Å²) < 4.78 is 8.08. The van der Waals surface area contributed by atoms with Gasteiger partial charge in [0.1, 0.15) is 11.3 Å². The van der Waals surface area contributed by atoms with Gasteiger partial charge in [0.25, 0.3) is 6.01 Å². The van der Waals surface area contributed by atoms with Gasteiger partial charge in [0.05, 0.1) is 11.6 Å². The largest absolute Gasteiger partial charge is 0.422 e. The zero-order valence-corrected chi connectivity index (χ0v) is 13.7. The van der Waals surface area contributed by atoms with Crippen molar-refractivity contribution in [3.63, 3.8) is 0 Å². The Morgan fingerprint density at radius 2 is 2.00 bits per heavy atom. The lowest BCUT2D eigenvalue weighted by Gasteiger charge is -2.26. The summed E-state index contributed by atoms with van der Waals surface area (Å²) in [6.07, 6.45) is 2.46. The summed E-state index contributed by atoms with van der Waals surface area (Å²) in [6, 6.07) is 3.97. The number of nitrogens with zero attached hydrogens (tertiary/aromatic N) is 5. The minimum absolute atomic E-state index is 0.474. The Balaban J connectivity index is 1.49. The molecule has 0 saturated heterocycles. The van der Waals surface area contributed by atoms with E-state index in [1.54, 1.807) is 12.1 Å². The summed E-state index contributed by atoms with van der Waals surface area (Å²) in [5, 5.41) is 9.71. The second-order valence-electron chi connectivity index (χ2n) is 6.05. The van der Waals surface area contributed by atoms with Crippen molar-refractivity contribution in [3.05, 3.63) is 33.8 Å². The molecule has 0 atom stereocenters. The molecule has 0 unspecified atom stereocenters. The number of benzene rings is 1. The Morgan fingerprint density at radius 1 is 1.13 bits per heavy atom. The highest BCUT2D eigenvalue weighted by molar-refractivity contribution is 6.38. The van der Waals surface area contributed by atoms with E-state index in [4.69, 9.17) is 27.6 Å². The van der Waals surface area contributed by atoms with Gasteiger partial charge in [-0.25, -0.2) is 0 Å². The maximum absolute atomic E-state index is 6.18. The number of halogens is 2. The number of aromatic nitrogens is 4. The third-order valence-electron chi connectivity index (χ3n) is 4.39. The van der Waals surface area contributed by atoms with Crippen molar-refractivity contribution in [2.45, 2.75) is 31.8 Å². The molecule has 3 aromatic rings. The van der Waals surface area contributed by atoms with Crippen LogP contribution in [0.4, 0.5) is 6.01 Å². The summed E-state index contributed by atoms with van der Waals surface area (Å²) in [4.78, 5) is 6.58. The quantitative estimate of drug-likeness (QED) is 0.706. The molecular formula is C15H13Cl2N5O. The van der Waals surface area contributed by atoms with Crippen LogP contribution in [0.3, 0.4) is 0 Å². The van der Waals surface area contributed by atoms with Crippen molar-refractivity contribution < 1.29 is 4.42 Å². The minimum atomic E-state index is 0.474. The average Bonchev–Trinajstić information content (AvgIpc) is 3.13. The van der Waals surface area contributed by atoms with Gasteiger partial charge in [0, 0.05) is 24.0 Å². The first-order chi connectivity index (χ1) is 11.2. The highest BCUT2D eigenvalue weighted by Crippen LogP contribution is 2.40. The van der Waals surface area contributed by atoms with E-state index in [2.05, 4.69) is 24.6 Å². The fraction of sp³-hybridized carbons (Fsp3) is 0.400. The third kappa shape index (κ3) is 2.20. The first kappa shape index (κ1) is 13.6. The molecular weight excluding hydrogens is 337 g/mol. The lowest BCUT2D eigenvalue weighted by Crippen LogP contribution is -2.34. The van der Waals surface area contributed by atoms with Crippen molar-refractivity contribution in [1.82, 2.24) is 19.7 Å². The SMILES string of the molecule is Clc1cc(Cl)c2oc(N3CCn4c(nnc4C4CC4)C3)nc2c1. The van der Waals surface area contributed by atoms with Crippen molar-refractivity contribution in [1.29, 1.82) is 0 Å². The van der Waals surface area contributed by atoms with E-state index in [9.17, 15) is 0 Å². The molecule has 1 aliphatic carbocycles. The van der Waals surface area contributed by atoms with E-state index in [-0.39, 0.29) is 0 Å². The maximum Gasteiger partial charge on any atom is 0.298 e. The van der Waals surface area contributed by atoms with Crippen LogP contribution in [0.15, 0.2) is 16.5 Å². The molecule has 118 valence electrons. The highest BCUT2D eigenvalue weighted by Gasteiger charge is 2.32. The van der Waals surface area contributed by atoms with E-state index in [1.165, 1.54) is 12.8 Å². The van der Waals surface area contributed by atoms with Crippen LogP contribution in [0.25, 0.3) is 11.1 Å². The van der Waals surface area contributed by atoms with Gasteiger partial charge in [-0.15, -0.1) is 10.2 Å². The van der Waals surface area contributed by atoms with Crippen LogP contribution in [0.1, 0.15) is 30.4 Å². The Bertz CT molecular complexity index is 914. The second kappa shape index (κ2) is 4.85. The Hall–Kier alpha value is -1.79. The fourth-order valence-electron chi connectivity index (χ4n) is 3.07. The maximum atomic E-state index is 6.18. The predicted octanol–water partition coefficient (Wildman–Crippen LogP) is 3.62. The highest BCUT2D eigenvalue weighted by atomic mass is 35.5. The van der Waals surface area contributed by atoms with Crippen molar-refractivity contribution in [2.75, 3.05) is 11.4 Å². The molecule has 1 saturated carbocycles. The standard InChI is InChI=1S/C15H13Cl2N5O/c16-9-5-10(17)13-11(6-9)18-15(23-13)21-3-4-22-12(7-21)19-20-14(22)8-1-2-8/h5-6,8H,1-4,7H2. The smallest absolute Gasteiger partial charge is 0.298 e. The topological polar surface area (TPSA) is 60.0 Å². The van der Waals surface area contributed by atoms with Gasteiger partial charge in [-0.1, -0.05) is 23.2 Å². The summed E-state index contributed by atoms with van der Waals surface area (Å²) in [5.74, 6) is 2.70. The lowest BCUT2D eigenvalue weighted by atomic mass is 10.3. The van der Waals surface area contributed by atoms with E-state index >= 15 is 0 Å². The van der Waals surface area contributed by atoms with Gasteiger partial charge < -0.3 is 13.9 Å². The lowest BCUT2D eigenvalue weighted by molar-refractivity contribution is 0.492. The molecule has 0 radical (unpaired) electrons. The molecule has 1 aliphatic heterocycles. The van der Waals surface area contributed by atoms with Crippen molar-refractivity contribution in [2.24, 2.45) is 0 Å². The van der Waals surface area contributed by atoms with Crippen LogP contribution in [-0.2, 0) is 13.1 Å². The summed E-state index contributed by atoms with van der Waals surface area (Å²) in [6.45, 7) is 2.29. The van der Waals surface area contributed by atoms with Gasteiger partial charge in [0.2, 0.25) is 0 Å². The molecule has 23 heavy (non-hydrogen) atoms. The summed E-state index contributed by atoms with van der Waals surface area (Å²) in [5.41, 5.74) is 1.24. The van der Waals surface area contributed by atoms with Crippen molar-refractivity contribution >= 4 is 40.3 Å². The molecule has 1 fully saturated rings. The zero-order chi connectivity index (χ0) is 15.6. The second-order valence-corrected chi connectivity index (χ2v) is 6.90. The molecule has 3 heterocycles. The van der Waals surface area contributed by atoms with E-state index in [0.717, 1.165) is 24.7 Å². The number of hydrogen-bond acceptors (Lipinski definition) is 5. The van der Waals surface area contributed by atoms with E-state index in [1.807, 2.05) is 0 Å². The molecule has 0 N–H and O–H groups in total. The van der Waals surface area contributed by atoms with Crippen LogP contribution >= 0.6 is 23.2 Å². The predicted molar refractivity (Wildman–Crippen MR) is 87.1 cm³/mol. The zero-order valence-electron chi connectivity index (χ0n) is 12.2. The van der Waals surface area contributed by atoms with Crippen LogP contribution in [0.5, 0.6) is 0 Å². The Morgan fingerprint density at radius 3 is 2.83 bits per heavy atom. The normalized spacial score (nSPS) is 17.7. The van der Waals surface area contributed by atoms with Crippen LogP contribution in [0.2, 0.25) is 10.0 Å². The molecule has 5 rings (SSSR count). The first-order valence-electron chi connectivity index (χ1n) is 7.61. The van der Waals surface area contributed by atoms with Gasteiger partial charge in [-0.2, -0.15) is 4.98 Å². The molecule has 1 aromatic carbocycles. The molecule has 0 amide bonds. The van der Waals surface area contributed by atoms with Crippen LogP contribution in [0, 0.1) is 0 Å². The molecule has 0 spiro atoms. The van der Waals surface area contributed by atoms with Crippen LogP contribution in [-0.4, -0.2) is 26.3 Å². The molecule has 6 nitrogen and oxygen atoms in total. The molecule has 2 aromatic heterocycles. The van der Waals surface area contributed by atoms with E-state index < -0.39 is 0 Å². The Labute approximate surface area is 142 Å². The molecule has 2 aliphatic rings. The molecule has 8 heteroatoms. The van der Waals surface area contributed by atoms with Gasteiger partial charge in [-0.3, -0.25) is 0 Å². The monoisotopic (exact) mass is 349 g/mol. The number of oxazole rings is 1. The van der Waals surface area contributed by atoms with Gasteiger partial charge >= 0.3 is 0 Å². The fourth-order valence-corrected chi connectivity index (χ4v) is 3.59. The molecule has 0 bridgehead atoms.